The van der Waals surface area contributed by atoms with Gasteiger partial charge in [0.15, 0.2) is 5.52 Å². The largest absolute Gasteiger partial charge is 0.341 e. The van der Waals surface area contributed by atoms with E-state index in [-0.39, 0.29) is 22.9 Å². The van der Waals surface area contributed by atoms with Crippen LogP contribution in [0.4, 0.5) is 0 Å². The van der Waals surface area contributed by atoms with Crippen molar-refractivity contribution in [2.45, 2.75) is 33.7 Å². The summed E-state index contributed by atoms with van der Waals surface area (Å²) < 4.78 is 5.22. The number of rotatable bonds is 5. The van der Waals surface area contributed by atoms with Crippen molar-refractivity contribution in [3.8, 4) is 0 Å². The Hall–Kier alpha value is -1.96. The topological polar surface area (TPSA) is 88.1 Å². The van der Waals surface area contributed by atoms with E-state index >= 15 is 0 Å². The molecule has 2 aromatic rings. The van der Waals surface area contributed by atoms with Crippen LogP contribution in [-0.2, 0) is 6.54 Å². The number of carbonyl (C=O) groups excluding carboxylic acids is 1. The molecule has 7 nitrogen and oxygen atoms in total. The van der Waals surface area contributed by atoms with Gasteiger partial charge in [0.1, 0.15) is 4.88 Å². The predicted molar refractivity (Wildman–Crippen MR) is 86.6 cm³/mol. The number of nitrogens with zero attached hydrogens (tertiary/aromatic N) is 3. The van der Waals surface area contributed by atoms with E-state index in [4.69, 9.17) is 0 Å². The Morgan fingerprint density at radius 3 is 2.68 bits per heavy atom. The van der Waals surface area contributed by atoms with E-state index in [0.717, 1.165) is 22.5 Å². The molecule has 0 saturated carbocycles. The van der Waals surface area contributed by atoms with E-state index in [2.05, 4.69) is 9.36 Å². The zero-order valence-electron chi connectivity index (χ0n) is 13.2. The molecule has 22 heavy (non-hydrogen) atoms. The zero-order valence-corrected chi connectivity index (χ0v) is 14.0. The smallest absolute Gasteiger partial charge is 0.328 e. The third-order valence-corrected chi connectivity index (χ3v) is 4.10. The fourth-order valence-corrected chi connectivity index (χ4v) is 3.06. The highest BCUT2D eigenvalue weighted by molar-refractivity contribution is 7.09. The van der Waals surface area contributed by atoms with Crippen molar-refractivity contribution < 1.29 is 4.79 Å². The number of hydrogen-bond acceptors (Lipinski definition) is 5. The number of aromatic amines is 1. The van der Waals surface area contributed by atoms with Gasteiger partial charge in [0, 0.05) is 20.1 Å². The molecule has 0 saturated heterocycles. The Kier molecular flexibility index (Phi) is 4.80. The summed E-state index contributed by atoms with van der Waals surface area (Å²) in [6.45, 7) is 6.74. The van der Waals surface area contributed by atoms with Crippen molar-refractivity contribution in [2.75, 3.05) is 13.6 Å². The minimum absolute atomic E-state index is 0.151. The van der Waals surface area contributed by atoms with Gasteiger partial charge in [0.25, 0.3) is 11.5 Å². The van der Waals surface area contributed by atoms with Gasteiger partial charge in [-0.3, -0.25) is 14.2 Å². The number of hydrogen-bond donors (Lipinski definition) is 1. The summed E-state index contributed by atoms with van der Waals surface area (Å²) in [5, 5.41) is 0. The van der Waals surface area contributed by atoms with Gasteiger partial charge in [-0.25, -0.2) is 4.79 Å². The number of fused-ring (bicyclic) bond motifs is 1. The number of nitrogens with one attached hydrogen (secondary N) is 1. The molecule has 2 heterocycles. The third-order valence-electron chi connectivity index (χ3n) is 3.26. The van der Waals surface area contributed by atoms with Crippen molar-refractivity contribution in [1.29, 1.82) is 0 Å². The summed E-state index contributed by atoms with van der Waals surface area (Å²) >= 11 is 0.951. The van der Waals surface area contributed by atoms with Crippen LogP contribution in [0.1, 0.15) is 36.9 Å². The minimum atomic E-state index is -0.501. The van der Waals surface area contributed by atoms with Crippen molar-refractivity contribution >= 4 is 28.5 Å². The number of amides is 1. The molecule has 0 aliphatic rings. The van der Waals surface area contributed by atoms with Gasteiger partial charge in [-0.2, -0.15) is 4.37 Å². The molecule has 0 spiro atoms. The normalized spacial score (nSPS) is 11.3. The summed E-state index contributed by atoms with van der Waals surface area (Å²) in [6.07, 6.45) is 0.830. The van der Waals surface area contributed by atoms with Crippen molar-refractivity contribution in [2.24, 2.45) is 5.92 Å². The molecule has 1 amide bonds. The Morgan fingerprint density at radius 2 is 2.09 bits per heavy atom. The van der Waals surface area contributed by atoms with E-state index < -0.39 is 11.2 Å². The molecule has 0 fully saturated rings. The van der Waals surface area contributed by atoms with Crippen LogP contribution in [0.25, 0.3) is 11.0 Å². The SMILES string of the molecule is CCCN(C)C(=O)c1snc2c(=O)n(CC(C)C)c(=O)[nH]c12. The first-order valence-corrected chi connectivity index (χ1v) is 8.02. The molecule has 0 aromatic carbocycles. The summed E-state index contributed by atoms with van der Waals surface area (Å²) in [7, 11) is 1.69. The lowest BCUT2D eigenvalue weighted by molar-refractivity contribution is 0.0801. The molecular formula is C14H20N4O3S. The third kappa shape index (κ3) is 2.96. The monoisotopic (exact) mass is 324 g/mol. The quantitative estimate of drug-likeness (QED) is 0.897. The van der Waals surface area contributed by atoms with Gasteiger partial charge in [-0.1, -0.05) is 20.8 Å². The lowest BCUT2D eigenvalue weighted by Crippen LogP contribution is -2.36. The van der Waals surface area contributed by atoms with E-state index in [1.807, 2.05) is 20.8 Å². The van der Waals surface area contributed by atoms with Crippen LogP contribution in [-0.4, -0.2) is 38.3 Å². The Labute approximate surface area is 131 Å². The Bertz CT molecular complexity index is 803. The van der Waals surface area contributed by atoms with E-state index in [9.17, 15) is 14.4 Å². The molecule has 0 atom stereocenters. The fraction of sp³-hybridized carbons (Fsp3) is 0.571. The van der Waals surface area contributed by atoms with Crippen LogP contribution < -0.4 is 11.2 Å². The van der Waals surface area contributed by atoms with Gasteiger partial charge >= 0.3 is 5.69 Å². The summed E-state index contributed by atoms with van der Waals surface area (Å²) in [6, 6.07) is 0. The zero-order chi connectivity index (χ0) is 16.4. The van der Waals surface area contributed by atoms with Crippen molar-refractivity contribution in [1.82, 2.24) is 18.8 Å². The number of H-pyrrole nitrogens is 1. The molecular weight excluding hydrogens is 304 g/mol. The molecule has 2 rings (SSSR count). The molecule has 8 heteroatoms. The molecule has 0 radical (unpaired) electrons. The molecule has 1 N–H and O–H groups in total. The number of aromatic nitrogens is 3. The van der Waals surface area contributed by atoms with Gasteiger partial charge < -0.3 is 9.88 Å². The predicted octanol–water partition coefficient (Wildman–Crippen LogP) is 1.28. The maximum atomic E-state index is 12.4. The first-order chi connectivity index (χ1) is 10.4. The van der Waals surface area contributed by atoms with E-state index in [1.54, 1.807) is 11.9 Å². The standard InChI is InChI=1S/C14H20N4O3S/c1-5-6-17(4)13(20)11-9-10(16-22-11)12(19)18(7-8(2)3)14(21)15-9/h8H,5-7H2,1-4H3,(H,15,21). The Balaban J connectivity index is 2.56. The van der Waals surface area contributed by atoms with Gasteiger partial charge in [0.2, 0.25) is 0 Å². The van der Waals surface area contributed by atoms with Crippen LogP contribution in [0.15, 0.2) is 9.59 Å². The van der Waals surface area contributed by atoms with Gasteiger partial charge in [-0.05, 0) is 23.9 Å². The summed E-state index contributed by atoms with van der Waals surface area (Å²) in [5.74, 6) is -0.0716. The van der Waals surface area contributed by atoms with Crippen LogP contribution in [0.2, 0.25) is 0 Å². The van der Waals surface area contributed by atoms with Crippen molar-refractivity contribution in [3.05, 3.63) is 25.7 Å². The lowest BCUT2D eigenvalue weighted by Gasteiger charge is -2.14. The average Bonchev–Trinajstić information content (AvgIpc) is 2.86. The first-order valence-electron chi connectivity index (χ1n) is 7.24. The van der Waals surface area contributed by atoms with E-state index in [0.29, 0.717) is 18.0 Å². The van der Waals surface area contributed by atoms with Crippen LogP contribution in [0.3, 0.4) is 0 Å². The molecule has 2 aromatic heterocycles. The molecule has 120 valence electrons. The van der Waals surface area contributed by atoms with Gasteiger partial charge in [-0.15, -0.1) is 0 Å². The maximum absolute atomic E-state index is 12.4. The van der Waals surface area contributed by atoms with Crippen molar-refractivity contribution in [3.63, 3.8) is 0 Å². The second-order valence-corrected chi connectivity index (χ2v) is 6.48. The summed E-state index contributed by atoms with van der Waals surface area (Å²) in [5.41, 5.74) is -0.550. The molecule has 0 unspecified atom stereocenters. The lowest BCUT2D eigenvalue weighted by atomic mass is 10.2. The van der Waals surface area contributed by atoms with Gasteiger partial charge in [0.05, 0.1) is 5.52 Å². The molecule has 0 aliphatic heterocycles. The maximum Gasteiger partial charge on any atom is 0.328 e. The van der Waals surface area contributed by atoms with Crippen LogP contribution in [0, 0.1) is 5.92 Å². The first kappa shape index (κ1) is 16.4. The highest BCUT2D eigenvalue weighted by Gasteiger charge is 2.21. The summed E-state index contributed by atoms with van der Waals surface area (Å²) in [4.78, 5) is 41.4. The second kappa shape index (κ2) is 6.43. The molecule has 0 aliphatic carbocycles. The van der Waals surface area contributed by atoms with E-state index in [1.165, 1.54) is 0 Å². The number of carbonyl (C=O) groups is 1. The minimum Gasteiger partial charge on any atom is -0.341 e. The fourth-order valence-electron chi connectivity index (χ4n) is 2.23. The van der Waals surface area contributed by atoms with Crippen LogP contribution in [0.5, 0.6) is 0 Å². The second-order valence-electron chi connectivity index (χ2n) is 5.70. The highest BCUT2D eigenvalue weighted by Crippen LogP contribution is 2.18. The average molecular weight is 324 g/mol. The van der Waals surface area contributed by atoms with Crippen LogP contribution >= 0.6 is 11.5 Å². The highest BCUT2D eigenvalue weighted by atomic mass is 32.1. The molecule has 0 bridgehead atoms. The Morgan fingerprint density at radius 1 is 1.41 bits per heavy atom.